The third kappa shape index (κ3) is 3.79. The smallest absolute Gasteiger partial charge is 0.266 e. The Hall–Kier alpha value is -2.14. The second kappa shape index (κ2) is 7.42. The highest BCUT2D eigenvalue weighted by atomic mass is 16.5. The molecule has 0 atom stereocenters. The first kappa shape index (κ1) is 15.7. The minimum Gasteiger partial charge on any atom is -0.496 e. The monoisotopic (exact) mass is 314 g/mol. The molecule has 1 N–H and O–H groups in total. The molecule has 1 aliphatic heterocycles. The van der Waals surface area contributed by atoms with E-state index in [0.29, 0.717) is 6.54 Å². The van der Waals surface area contributed by atoms with E-state index in [1.165, 1.54) is 32.4 Å². The average Bonchev–Trinajstić information content (AvgIpc) is 2.62. The van der Waals surface area contributed by atoms with E-state index < -0.39 is 0 Å². The van der Waals surface area contributed by atoms with Gasteiger partial charge in [0.1, 0.15) is 5.75 Å². The maximum Gasteiger partial charge on any atom is 0.266 e. The molecular formula is C18H24N3O2+. The van der Waals surface area contributed by atoms with Crippen molar-refractivity contribution < 1.29 is 9.64 Å². The van der Waals surface area contributed by atoms with E-state index >= 15 is 0 Å². The Labute approximate surface area is 136 Å². The lowest BCUT2D eigenvalue weighted by molar-refractivity contribution is -0.905. The van der Waals surface area contributed by atoms with Gasteiger partial charge in [-0.2, -0.15) is 5.10 Å². The van der Waals surface area contributed by atoms with Crippen LogP contribution in [0, 0.1) is 0 Å². The largest absolute Gasteiger partial charge is 0.496 e. The van der Waals surface area contributed by atoms with Gasteiger partial charge in [-0.15, -0.1) is 0 Å². The van der Waals surface area contributed by atoms with Crippen LogP contribution in [0.15, 0.2) is 41.2 Å². The molecule has 0 spiro atoms. The molecule has 0 saturated carbocycles. The molecule has 5 nitrogen and oxygen atoms in total. The summed E-state index contributed by atoms with van der Waals surface area (Å²) in [5.74, 6) is 0.770. The molecule has 3 rings (SSSR count). The molecule has 5 heteroatoms. The third-order valence-corrected chi connectivity index (χ3v) is 4.49. The van der Waals surface area contributed by atoms with Crippen molar-refractivity contribution in [1.82, 2.24) is 9.78 Å². The van der Waals surface area contributed by atoms with Gasteiger partial charge in [-0.25, -0.2) is 4.68 Å². The maximum absolute atomic E-state index is 12.1. The summed E-state index contributed by atoms with van der Waals surface area (Å²) in [6, 6.07) is 11.1. The van der Waals surface area contributed by atoms with Crippen molar-refractivity contribution in [2.75, 3.05) is 26.7 Å². The van der Waals surface area contributed by atoms with Gasteiger partial charge in [-0.1, -0.05) is 12.1 Å². The Bertz CT molecular complexity index is 705. The molecule has 23 heavy (non-hydrogen) atoms. The molecule has 1 aliphatic rings. The second-order valence-electron chi connectivity index (χ2n) is 6.04. The zero-order valence-corrected chi connectivity index (χ0v) is 13.6. The first-order valence-corrected chi connectivity index (χ1v) is 8.33. The van der Waals surface area contributed by atoms with Crippen LogP contribution in [0.5, 0.6) is 5.75 Å². The first-order chi connectivity index (χ1) is 11.3. The van der Waals surface area contributed by atoms with Crippen LogP contribution in [-0.2, 0) is 6.54 Å². The predicted octanol–water partition coefficient (Wildman–Crippen LogP) is 0.988. The van der Waals surface area contributed by atoms with Crippen molar-refractivity contribution in [3.8, 4) is 17.0 Å². The molecular weight excluding hydrogens is 290 g/mol. The van der Waals surface area contributed by atoms with E-state index in [9.17, 15) is 4.79 Å². The Morgan fingerprint density at radius 2 is 1.91 bits per heavy atom. The number of benzene rings is 1. The molecule has 0 bridgehead atoms. The molecule has 0 unspecified atom stereocenters. The molecule has 2 aromatic rings. The number of piperidine rings is 1. The van der Waals surface area contributed by atoms with E-state index in [2.05, 4.69) is 5.10 Å². The van der Waals surface area contributed by atoms with Crippen molar-refractivity contribution in [2.24, 2.45) is 0 Å². The van der Waals surface area contributed by atoms with Gasteiger partial charge in [-0.05, 0) is 37.5 Å². The Morgan fingerprint density at radius 3 is 2.70 bits per heavy atom. The van der Waals surface area contributed by atoms with Crippen LogP contribution in [0.4, 0.5) is 0 Å². The molecule has 0 radical (unpaired) electrons. The molecule has 0 aliphatic carbocycles. The number of likely N-dealkylation sites (tertiary alicyclic amines) is 1. The lowest BCUT2D eigenvalue weighted by Crippen LogP contribution is -3.13. The highest BCUT2D eigenvalue weighted by Gasteiger charge is 2.14. The van der Waals surface area contributed by atoms with Crippen molar-refractivity contribution in [1.29, 1.82) is 0 Å². The van der Waals surface area contributed by atoms with Gasteiger partial charge in [0.2, 0.25) is 0 Å². The Balaban J connectivity index is 1.80. The summed E-state index contributed by atoms with van der Waals surface area (Å²) < 4.78 is 6.98. The maximum atomic E-state index is 12.1. The number of aromatic nitrogens is 2. The number of rotatable bonds is 5. The quantitative estimate of drug-likeness (QED) is 0.895. The van der Waals surface area contributed by atoms with E-state index in [0.717, 1.165) is 23.6 Å². The van der Waals surface area contributed by atoms with Crippen molar-refractivity contribution >= 4 is 0 Å². The van der Waals surface area contributed by atoms with Gasteiger partial charge in [0.25, 0.3) is 5.56 Å². The zero-order chi connectivity index (χ0) is 16.1. The number of hydrogen-bond donors (Lipinski definition) is 1. The van der Waals surface area contributed by atoms with Gasteiger partial charge in [0.05, 0.1) is 39.0 Å². The highest BCUT2D eigenvalue weighted by molar-refractivity contribution is 5.66. The van der Waals surface area contributed by atoms with Gasteiger partial charge >= 0.3 is 0 Å². The summed E-state index contributed by atoms with van der Waals surface area (Å²) in [5, 5.41) is 4.55. The molecule has 1 aromatic heterocycles. The van der Waals surface area contributed by atoms with Gasteiger partial charge in [-0.3, -0.25) is 4.79 Å². The summed E-state index contributed by atoms with van der Waals surface area (Å²) in [4.78, 5) is 13.7. The van der Waals surface area contributed by atoms with Crippen LogP contribution < -0.4 is 15.2 Å². The van der Waals surface area contributed by atoms with Crippen LogP contribution in [0.3, 0.4) is 0 Å². The molecule has 1 aromatic carbocycles. The van der Waals surface area contributed by atoms with E-state index in [1.807, 2.05) is 24.3 Å². The topological polar surface area (TPSA) is 48.6 Å². The number of nitrogens with zero attached hydrogens (tertiary/aromatic N) is 2. The summed E-state index contributed by atoms with van der Waals surface area (Å²) in [6.07, 6.45) is 3.92. The van der Waals surface area contributed by atoms with Crippen molar-refractivity contribution in [3.05, 3.63) is 46.8 Å². The van der Waals surface area contributed by atoms with Gasteiger partial charge < -0.3 is 9.64 Å². The Morgan fingerprint density at radius 1 is 1.13 bits per heavy atom. The minimum absolute atomic E-state index is 0.0416. The van der Waals surface area contributed by atoms with Crippen LogP contribution in [0.2, 0.25) is 0 Å². The van der Waals surface area contributed by atoms with Crippen LogP contribution in [-0.4, -0.2) is 36.5 Å². The fraction of sp³-hybridized carbons (Fsp3) is 0.444. The van der Waals surface area contributed by atoms with E-state index in [4.69, 9.17) is 4.74 Å². The normalized spacial score (nSPS) is 15.5. The van der Waals surface area contributed by atoms with Crippen LogP contribution >= 0.6 is 0 Å². The van der Waals surface area contributed by atoms with E-state index in [-0.39, 0.29) is 5.56 Å². The lowest BCUT2D eigenvalue weighted by Gasteiger charge is -2.23. The first-order valence-electron chi connectivity index (χ1n) is 8.33. The molecule has 1 fully saturated rings. The zero-order valence-electron chi connectivity index (χ0n) is 13.6. The fourth-order valence-electron chi connectivity index (χ4n) is 3.17. The molecule has 1 saturated heterocycles. The highest BCUT2D eigenvalue weighted by Crippen LogP contribution is 2.26. The van der Waals surface area contributed by atoms with Gasteiger partial charge in [0, 0.05) is 11.6 Å². The SMILES string of the molecule is COc1ccccc1-c1ccc(=O)n(CC[NH+]2CCCCC2)n1. The molecule has 2 heterocycles. The summed E-state index contributed by atoms with van der Waals surface area (Å²) in [7, 11) is 1.65. The molecule has 122 valence electrons. The average molecular weight is 314 g/mol. The summed E-state index contributed by atoms with van der Waals surface area (Å²) in [5.41, 5.74) is 1.64. The van der Waals surface area contributed by atoms with Gasteiger partial charge in [0.15, 0.2) is 0 Å². The summed E-state index contributed by atoms with van der Waals surface area (Å²) in [6.45, 7) is 4.04. The number of nitrogens with one attached hydrogen (secondary N) is 1. The lowest BCUT2D eigenvalue weighted by atomic mass is 10.1. The van der Waals surface area contributed by atoms with Crippen LogP contribution in [0.1, 0.15) is 19.3 Å². The second-order valence-corrected chi connectivity index (χ2v) is 6.04. The number of hydrogen-bond acceptors (Lipinski definition) is 3. The Kier molecular flexibility index (Phi) is 5.08. The standard InChI is InChI=1S/C18H23N3O2/c1-23-17-8-4-3-7-15(17)16-9-10-18(22)21(19-16)14-13-20-11-5-2-6-12-20/h3-4,7-10H,2,5-6,11-14H2,1H3/p+1. The fourth-order valence-corrected chi connectivity index (χ4v) is 3.17. The summed E-state index contributed by atoms with van der Waals surface area (Å²) >= 11 is 0. The van der Waals surface area contributed by atoms with Crippen molar-refractivity contribution in [2.45, 2.75) is 25.8 Å². The number of methoxy groups -OCH3 is 1. The number of para-hydroxylation sites is 1. The van der Waals surface area contributed by atoms with Crippen LogP contribution in [0.25, 0.3) is 11.3 Å². The molecule has 0 amide bonds. The van der Waals surface area contributed by atoms with Crippen molar-refractivity contribution in [3.63, 3.8) is 0 Å². The number of ether oxygens (including phenoxy) is 1. The minimum atomic E-state index is -0.0416. The third-order valence-electron chi connectivity index (χ3n) is 4.49. The number of quaternary nitrogens is 1. The predicted molar refractivity (Wildman–Crippen MR) is 89.9 cm³/mol. The van der Waals surface area contributed by atoms with E-state index in [1.54, 1.807) is 28.8 Å².